The van der Waals surface area contributed by atoms with E-state index in [9.17, 15) is 9.18 Å². The van der Waals surface area contributed by atoms with E-state index in [1.807, 2.05) is 22.6 Å². The summed E-state index contributed by atoms with van der Waals surface area (Å²) in [6.45, 7) is 0. The van der Waals surface area contributed by atoms with Crippen LogP contribution in [0, 0.1) is 9.39 Å². The lowest BCUT2D eigenvalue weighted by atomic mass is 10.2. The van der Waals surface area contributed by atoms with E-state index in [1.165, 1.54) is 25.3 Å². The molecule has 1 N–H and O–H groups in total. The number of carbonyl (C=O) groups excluding carboxylic acids is 1. The summed E-state index contributed by atoms with van der Waals surface area (Å²) >= 11 is 8.04. The zero-order chi connectivity index (χ0) is 14.7. The zero-order valence-electron chi connectivity index (χ0n) is 10.4. The summed E-state index contributed by atoms with van der Waals surface area (Å²) in [4.78, 5) is 12.2. The van der Waals surface area contributed by atoms with Crippen molar-refractivity contribution in [3.05, 3.63) is 56.4 Å². The van der Waals surface area contributed by atoms with Crippen molar-refractivity contribution < 1.29 is 13.9 Å². The number of hydrogen-bond donors (Lipinski definition) is 1. The molecule has 2 rings (SSSR count). The van der Waals surface area contributed by atoms with Crippen LogP contribution >= 0.6 is 34.2 Å². The van der Waals surface area contributed by atoms with Crippen molar-refractivity contribution in [1.29, 1.82) is 0 Å². The minimum atomic E-state index is -0.503. The monoisotopic (exact) mass is 405 g/mol. The molecule has 0 bridgehead atoms. The maximum atomic E-state index is 13.5. The molecule has 0 aliphatic carbocycles. The van der Waals surface area contributed by atoms with Crippen molar-refractivity contribution >= 4 is 45.8 Å². The summed E-state index contributed by atoms with van der Waals surface area (Å²) in [5.41, 5.74) is 0.357. The quantitative estimate of drug-likeness (QED) is 0.771. The van der Waals surface area contributed by atoms with Crippen LogP contribution in [0.3, 0.4) is 0 Å². The van der Waals surface area contributed by atoms with Crippen LogP contribution in [0.5, 0.6) is 5.75 Å². The van der Waals surface area contributed by atoms with Gasteiger partial charge in [0, 0.05) is 3.57 Å². The third kappa shape index (κ3) is 3.21. The minimum absolute atomic E-state index is 0.106. The summed E-state index contributed by atoms with van der Waals surface area (Å²) < 4.78 is 19.4. The highest BCUT2D eigenvalue weighted by Gasteiger charge is 2.16. The van der Waals surface area contributed by atoms with E-state index in [0.717, 1.165) is 3.57 Å². The third-order valence-corrected chi connectivity index (χ3v) is 4.13. The summed E-state index contributed by atoms with van der Waals surface area (Å²) in [6.07, 6.45) is 0. The molecule has 0 unspecified atom stereocenters. The number of halogens is 3. The Bertz CT molecular complexity index is 664. The molecule has 2 aromatic carbocycles. The predicted molar refractivity (Wildman–Crippen MR) is 85.1 cm³/mol. The lowest BCUT2D eigenvalue weighted by Crippen LogP contribution is -2.14. The number of benzene rings is 2. The number of carbonyl (C=O) groups is 1. The van der Waals surface area contributed by atoms with E-state index in [1.54, 1.807) is 18.2 Å². The van der Waals surface area contributed by atoms with Crippen LogP contribution in [0.2, 0.25) is 5.02 Å². The largest absolute Gasteiger partial charge is 0.496 e. The average Bonchev–Trinajstić information content (AvgIpc) is 2.43. The molecule has 1 amide bonds. The van der Waals surface area contributed by atoms with Gasteiger partial charge in [-0.15, -0.1) is 0 Å². The Morgan fingerprint density at radius 2 is 2.05 bits per heavy atom. The molecule has 104 valence electrons. The summed E-state index contributed by atoms with van der Waals surface area (Å²) in [7, 11) is 1.46. The first-order valence-corrected chi connectivity index (χ1v) is 7.07. The van der Waals surface area contributed by atoms with Gasteiger partial charge in [0.2, 0.25) is 0 Å². The Kier molecular flexibility index (Phi) is 4.82. The van der Waals surface area contributed by atoms with Gasteiger partial charge in [0.05, 0.1) is 23.4 Å². The molecule has 0 heterocycles. The molecule has 0 saturated carbocycles. The van der Waals surface area contributed by atoms with Crippen LogP contribution in [0.1, 0.15) is 10.4 Å². The maximum Gasteiger partial charge on any atom is 0.259 e. The van der Waals surface area contributed by atoms with Crippen LogP contribution in [0.25, 0.3) is 0 Å². The molecule has 0 aliphatic rings. The van der Waals surface area contributed by atoms with E-state index in [4.69, 9.17) is 16.3 Å². The molecular formula is C14H10ClFINO2. The fourth-order valence-corrected chi connectivity index (χ4v) is 2.23. The van der Waals surface area contributed by atoms with Gasteiger partial charge in [0.25, 0.3) is 5.91 Å². The molecule has 3 nitrogen and oxygen atoms in total. The first-order chi connectivity index (χ1) is 9.52. The first kappa shape index (κ1) is 15.1. The number of amides is 1. The normalized spacial score (nSPS) is 10.2. The van der Waals surface area contributed by atoms with Crippen molar-refractivity contribution in [2.45, 2.75) is 0 Å². The van der Waals surface area contributed by atoms with Crippen LogP contribution in [-0.4, -0.2) is 13.0 Å². The molecule has 0 spiro atoms. The van der Waals surface area contributed by atoms with Crippen molar-refractivity contribution in [3.63, 3.8) is 0 Å². The van der Waals surface area contributed by atoms with Crippen molar-refractivity contribution in [2.75, 3.05) is 12.4 Å². The lowest BCUT2D eigenvalue weighted by Gasteiger charge is -2.11. The highest BCUT2D eigenvalue weighted by atomic mass is 127. The smallest absolute Gasteiger partial charge is 0.259 e. The Hall–Kier alpha value is -1.34. The molecule has 0 saturated heterocycles. The minimum Gasteiger partial charge on any atom is -0.496 e. The van der Waals surface area contributed by atoms with E-state index in [-0.39, 0.29) is 11.3 Å². The van der Waals surface area contributed by atoms with E-state index >= 15 is 0 Å². The Labute approximate surface area is 134 Å². The number of hydrogen-bond acceptors (Lipinski definition) is 2. The topological polar surface area (TPSA) is 38.3 Å². The fraction of sp³-hybridized carbons (Fsp3) is 0.0714. The fourth-order valence-electron chi connectivity index (χ4n) is 1.63. The molecule has 20 heavy (non-hydrogen) atoms. The van der Waals surface area contributed by atoms with Gasteiger partial charge >= 0.3 is 0 Å². The van der Waals surface area contributed by atoms with Gasteiger partial charge in [-0.1, -0.05) is 23.7 Å². The van der Waals surface area contributed by atoms with Gasteiger partial charge in [0.1, 0.15) is 11.6 Å². The molecule has 0 atom stereocenters. The standard InChI is InChI=1S/C14H10ClFINO2/c1-20-13-7-11(17)9(15)6-8(13)14(19)18-12-5-3-2-4-10(12)16/h2-7H,1H3,(H,18,19). The second-order valence-electron chi connectivity index (χ2n) is 3.90. The summed E-state index contributed by atoms with van der Waals surface area (Å²) in [6, 6.07) is 9.09. The van der Waals surface area contributed by atoms with Crippen LogP contribution in [-0.2, 0) is 0 Å². The zero-order valence-corrected chi connectivity index (χ0v) is 13.3. The number of rotatable bonds is 3. The molecule has 0 fully saturated rings. The van der Waals surface area contributed by atoms with Gasteiger partial charge < -0.3 is 10.1 Å². The Morgan fingerprint density at radius 1 is 1.35 bits per heavy atom. The maximum absolute atomic E-state index is 13.5. The van der Waals surface area contributed by atoms with Gasteiger partial charge in [-0.3, -0.25) is 4.79 Å². The number of para-hydroxylation sites is 1. The molecule has 0 aliphatic heterocycles. The number of ether oxygens (including phenoxy) is 1. The Morgan fingerprint density at radius 3 is 2.70 bits per heavy atom. The first-order valence-electron chi connectivity index (χ1n) is 5.62. The third-order valence-electron chi connectivity index (χ3n) is 2.61. The molecule has 6 heteroatoms. The predicted octanol–water partition coefficient (Wildman–Crippen LogP) is 4.34. The highest BCUT2D eigenvalue weighted by Crippen LogP contribution is 2.29. The van der Waals surface area contributed by atoms with Crippen molar-refractivity contribution in [1.82, 2.24) is 0 Å². The van der Waals surface area contributed by atoms with Crippen LogP contribution in [0.15, 0.2) is 36.4 Å². The number of methoxy groups -OCH3 is 1. The van der Waals surface area contributed by atoms with E-state index in [0.29, 0.717) is 10.8 Å². The average molecular weight is 406 g/mol. The van der Waals surface area contributed by atoms with Gasteiger partial charge in [0.15, 0.2) is 0 Å². The molecular weight excluding hydrogens is 396 g/mol. The van der Waals surface area contributed by atoms with Crippen molar-refractivity contribution in [3.8, 4) is 5.75 Å². The van der Waals surface area contributed by atoms with Gasteiger partial charge in [-0.05, 0) is 46.9 Å². The Balaban J connectivity index is 2.34. The number of anilines is 1. The molecule has 0 radical (unpaired) electrons. The van der Waals surface area contributed by atoms with Gasteiger partial charge in [-0.2, -0.15) is 0 Å². The highest BCUT2D eigenvalue weighted by molar-refractivity contribution is 14.1. The summed E-state index contributed by atoms with van der Waals surface area (Å²) in [5, 5.41) is 2.93. The molecule has 0 aromatic heterocycles. The second-order valence-corrected chi connectivity index (χ2v) is 5.47. The number of nitrogens with one attached hydrogen (secondary N) is 1. The molecule has 2 aromatic rings. The van der Waals surface area contributed by atoms with E-state index < -0.39 is 11.7 Å². The lowest BCUT2D eigenvalue weighted by molar-refractivity contribution is 0.102. The van der Waals surface area contributed by atoms with E-state index in [2.05, 4.69) is 5.32 Å². The SMILES string of the molecule is COc1cc(I)c(Cl)cc1C(=O)Nc1ccccc1F. The van der Waals surface area contributed by atoms with Gasteiger partial charge in [-0.25, -0.2) is 4.39 Å². The van der Waals surface area contributed by atoms with Crippen LogP contribution in [0.4, 0.5) is 10.1 Å². The van der Waals surface area contributed by atoms with Crippen molar-refractivity contribution in [2.24, 2.45) is 0 Å². The summed E-state index contributed by atoms with van der Waals surface area (Å²) in [5.74, 6) is -0.602. The van der Waals surface area contributed by atoms with Crippen LogP contribution < -0.4 is 10.1 Å². The second kappa shape index (κ2) is 6.41.